The molecule has 7 nitrogen and oxygen atoms in total. The molecule has 0 unspecified atom stereocenters. The maximum Gasteiger partial charge on any atom is 0.268 e. The van der Waals surface area contributed by atoms with Crippen molar-refractivity contribution in [1.82, 2.24) is 9.71 Å². The summed E-state index contributed by atoms with van der Waals surface area (Å²) in [4.78, 5) is 31.6. The highest BCUT2D eigenvalue weighted by Crippen LogP contribution is 2.38. The summed E-state index contributed by atoms with van der Waals surface area (Å²) in [5.41, 5.74) is 0.946. The third kappa shape index (κ3) is 4.65. The van der Waals surface area contributed by atoms with Crippen LogP contribution in [-0.2, 0) is 14.8 Å². The normalized spacial score (nSPS) is 19.8. The Kier molecular flexibility index (Phi) is 6.16. The van der Waals surface area contributed by atoms with Gasteiger partial charge < -0.3 is 4.90 Å². The van der Waals surface area contributed by atoms with Crippen LogP contribution in [0, 0.1) is 11.7 Å². The van der Waals surface area contributed by atoms with Crippen LogP contribution in [-0.4, -0.2) is 37.2 Å². The van der Waals surface area contributed by atoms with Crippen molar-refractivity contribution in [2.24, 2.45) is 5.92 Å². The number of pyridine rings is 1. The van der Waals surface area contributed by atoms with Crippen molar-refractivity contribution in [2.75, 3.05) is 11.4 Å². The van der Waals surface area contributed by atoms with Gasteiger partial charge in [-0.3, -0.25) is 9.59 Å². The molecular formula is C25H26FN3O4S. The lowest BCUT2D eigenvalue weighted by Gasteiger charge is -2.34. The molecule has 1 aliphatic carbocycles. The van der Waals surface area contributed by atoms with E-state index in [9.17, 15) is 22.4 Å². The van der Waals surface area contributed by atoms with E-state index < -0.39 is 26.6 Å². The number of anilines is 1. The lowest BCUT2D eigenvalue weighted by molar-refractivity contribution is -0.114. The Bertz CT molecular complexity index is 1310. The molecule has 1 atom stereocenters. The lowest BCUT2D eigenvalue weighted by Crippen LogP contribution is -2.41. The van der Waals surface area contributed by atoms with Gasteiger partial charge >= 0.3 is 0 Å². The Balaban J connectivity index is 1.76. The number of halogens is 1. The smallest absolute Gasteiger partial charge is 0.268 e. The molecule has 1 saturated heterocycles. The van der Waals surface area contributed by atoms with Crippen LogP contribution in [0.1, 0.15) is 44.0 Å². The molecule has 2 heterocycles. The minimum Gasteiger partial charge on any atom is -0.351 e. The molecule has 1 N–H and O–H groups in total. The molecule has 0 spiro atoms. The molecule has 1 amide bonds. The van der Waals surface area contributed by atoms with Crippen molar-refractivity contribution in [3.63, 3.8) is 0 Å². The van der Waals surface area contributed by atoms with Crippen molar-refractivity contribution >= 4 is 27.5 Å². The number of carbonyl (C=O) groups excluding carboxylic acids is 2. The van der Waals surface area contributed by atoms with Crippen molar-refractivity contribution in [2.45, 2.75) is 39.2 Å². The molecule has 0 saturated carbocycles. The number of sulfonamides is 1. The topological polar surface area (TPSA) is 96.4 Å². The van der Waals surface area contributed by atoms with Crippen LogP contribution in [0.5, 0.6) is 0 Å². The van der Waals surface area contributed by atoms with Gasteiger partial charge in [-0.25, -0.2) is 22.5 Å². The quantitative estimate of drug-likeness (QED) is 0.691. The molecule has 1 aromatic carbocycles. The molecule has 2 aromatic rings. The molecule has 1 aliphatic heterocycles. The van der Waals surface area contributed by atoms with E-state index in [1.807, 2.05) is 23.5 Å². The number of nitrogens with zero attached hydrogens (tertiary/aromatic N) is 2. The zero-order valence-corrected chi connectivity index (χ0v) is 20.0. The third-order valence-corrected chi connectivity index (χ3v) is 7.46. The van der Waals surface area contributed by atoms with E-state index in [2.05, 4.69) is 6.92 Å². The van der Waals surface area contributed by atoms with E-state index in [1.165, 1.54) is 30.4 Å². The van der Waals surface area contributed by atoms with Gasteiger partial charge in [-0.05, 0) is 68.7 Å². The molecule has 2 aliphatic rings. The average Bonchev–Trinajstić information content (AvgIpc) is 3.05. The van der Waals surface area contributed by atoms with Crippen molar-refractivity contribution in [1.29, 1.82) is 0 Å². The molecule has 0 bridgehead atoms. The molecule has 1 aromatic heterocycles. The number of hydrogen-bond acceptors (Lipinski definition) is 6. The van der Waals surface area contributed by atoms with Crippen LogP contribution >= 0.6 is 0 Å². The number of allylic oxidation sites excluding steroid dienone is 4. The van der Waals surface area contributed by atoms with Gasteiger partial charge in [-0.1, -0.05) is 19.1 Å². The van der Waals surface area contributed by atoms with Crippen molar-refractivity contribution in [3.05, 3.63) is 70.9 Å². The molecular weight excluding hydrogens is 457 g/mol. The summed E-state index contributed by atoms with van der Waals surface area (Å²) < 4.78 is 41.0. The number of aromatic nitrogens is 1. The van der Waals surface area contributed by atoms with Gasteiger partial charge in [-0.2, -0.15) is 0 Å². The van der Waals surface area contributed by atoms with Gasteiger partial charge in [0, 0.05) is 24.1 Å². The molecule has 0 radical (unpaired) electrons. The second-order valence-corrected chi connectivity index (χ2v) is 11.0. The van der Waals surface area contributed by atoms with Crippen molar-refractivity contribution < 1.29 is 22.4 Å². The minimum atomic E-state index is -4.35. The summed E-state index contributed by atoms with van der Waals surface area (Å²) in [5.74, 6) is -1.15. The second-order valence-electron chi connectivity index (χ2n) is 9.33. The maximum atomic E-state index is 13.4. The van der Waals surface area contributed by atoms with E-state index in [-0.39, 0.29) is 23.3 Å². The first-order chi connectivity index (χ1) is 16.0. The largest absolute Gasteiger partial charge is 0.351 e. The predicted octanol–water partition coefficient (Wildman–Crippen LogP) is 3.99. The summed E-state index contributed by atoms with van der Waals surface area (Å²) >= 11 is 0. The number of amides is 1. The van der Waals surface area contributed by atoms with Crippen LogP contribution in [0.15, 0.2) is 59.5 Å². The van der Waals surface area contributed by atoms with Gasteiger partial charge in [0.05, 0.1) is 11.3 Å². The van der Waals surface area contributed by atoms with Gasteiger partial charge in [-0.15, -0.1) is 0 Å². The third-order valence-electron chi connectivity index (χ3n) is 6.07. The molecule has 1 fully saturated rings. The van der Waals surface area contributed by atoms with Crippen LogP contribution in [0.2, 0.25) is 0 Å². The van der Waals surface area contributed by atoms with Crippen LogP contribution in [0.25, 0.3) is 11.3 Å². The number of rotatable bonds is 5. The average molecular weight is 484 g/mol. The van der Waals surface area contributed by atoms with E-state index in [1.54, 1.807) is 24.3 Å². The number of carbonyl (C=O) groups is 2. The highest BCUT2D eigenvalue weighted by molar-refractivity contribution is 7.95. The number of hydrogen-bond donors (Lipinski definition) is 1. The van der Waals surface area contributed by atoms with E-state index >= 15 is 0 Å². The fourth-order valence-corrected chi connectivity index (χ4v) is 5.67. The maximum absolute atomic E-state index is 13.4. The summed E-state index contributed by atoms with van der Waals surface area (Å²) in [6.07, 6.45) is 5.03. The first-order valence-electron chi connectivity index (χ1n) is 11.0. The fraction of sp³-hybridized carbons (Fsp3) is 0.320. The first kappa shape index (κ1) is 23.8. The Hall–Kier alpha value is -3.33. The summed E-state index contributed by atoms with van der Waals surface area (Å²) in [6.45, 7) is 6.82. The van der Waals surface area contributed by atoms with Gasteiger partial charge in [0.15, 0.2) is 5.78 Å². The number of Topliss-reactive ketones (excluding diaryl/α,β-unsaturated/α-hetero) is 1. The van der Waals surface area contributed by atoms with Crippen LogP contribution < -0.4 is 9.62 Å². The van der Waals surface area contributed by atoms with Gasteiger partial charge in [0.25, 0.3) is 15.9 Å². The lowest BCUT2D eigenvalue weighted by atomic mass is 9.97. The minimum absolute atomic E-state index is 0.0417. The Morgan fingerprint density at radius 1 is 1.18 bits per heavy atom. The highest BCUT2D eigenvalue weighted by Gasteiger charge is 2.39. The highest BCUT2D eigenvalue weighted by atomic mass is 32.2. The van der Waals surface area contributed by atoms with E-state index in [0.717, 1.165) is 6.42 Å². The Morgan fingerprint density at radius 3 is 2.50 bits per heavy atom. The summed E-state index contributed by atoms with van der Waals surface area (Å²) in [5, 5.41) is 0. The zero-order chi connectivity index (χ0) is 24.7. The predicted molar refractivity (Wildman–Crippen MR) is 128 cm³/mol. The molecule has 34 heavy (non-hydrogen) atoms. The van der Waals surface area contributed by atoms with Gasteiger partial charge in [0.2, 0.25) is 0 Å². The van der Waals surface area contributed by atoms with E-state index in [0.29, 0.717) is 29.5 Å². The Labute approximate surface area is 198 Å². The molecule has 9 heteroatoms. The number of ketones is 1. The second kappa shape index (κ2) is 8.79. The fourth-order valence-electron chi connectivity index (χ4n) is 4.57. The summed E-state index contributed by atoms with van der Waals surface area (Å²) in [7, 11) is -4.35. The van der Waals surface area contributed by atoms with Crippen LogP contribution in [0.4, 0.5) is 10.2 Å². The van der Waals surface area contributed by atoms with E-state index in [4.69, 9.17) is 4.98 Å². The first-order valence-corrected chi connectivity index (χ1v) is 12.5. The van der Waals surface area contributed by atoms with Crippen LogP contribution in [0.3, 0.4) is 0 Å². The standard InChI is InChI=1S/C25H26FN3O4S/c1-16-14-25(2,3)29(15-16)23-19(12-13-20(27-23)17-8-10-18(26)11-9-17)24(31)28-34(32,33)22-7-5-4-6-21(22)30/h4-5,7-13,16H,6,14-15H2,1-3H3,(H,28,31)/t16-/m0/s1. The monoisotopic (exact) mass is 483 g/mol. The zero-order valence-electron chi connectivity index (χ0n) is 19.2. The number of benzene rings is 1. The Morgan fingerprint density at radius 2 is 1.88 bits per heavy atom. The van der Waals surface area contributed by atoms with Gasteiger partial charge in [0.1, 0.15) is 16.5 Å². The molecule has 178 valence electrons. The SMILES string of the molecule is C[C@@H]1CN(c2nc(-c3ccc(F)cc3)ccc2C(=O)NS(=O)(=O)C2=CC=CCC2=O)C(C)(C)C1. The summed E-state index contributed by atoms with van der Waals surface area (Å²) in [6, 6.07) is 8.96. The molecule has 4 rings (SSSR count). The number of nitrogens with one attached hydrogen (secondary N) is 1. The van der Waals surface area contributed by atoms with Crippen molar-refractivity contribution in [3.8, 4) is 11.3 Å².